The summed E-state index contributed by atoms with van der Waals surface area (Å²) >= 11 is 0. The maximum absolute atomic E-state index is 5.72. The van der Waals surface area contributed by atoms with E-state index in [-0.39, 0.29) is 0 Å². The maximum atomic E-state index is 5.72. The summed E-state index contributed by atoms with van der Waals surface area (Å²) in [6, 6.07) is 17.4. The molecule has 1 atom stereocenters. The minimum Gasteiger partial charge on any atom is -0.481 e. The first-order valence-electron chi connectivity index (χ1n) is 10.9. The van der Waals surface area contributed by atoms with E-state index in [0.29, 0.717) is 24.4 Å². The van der Waals surface area contributed by atoms with Gasteiger partial charge in [-0.15, -0.1) is 0 Å². The van der Waals surface area contributed by atoms with E-state index >= 15 is 0 Å². The zero-order valence-corrected chi connectivity index (χ0v) is 18.9. The van der Waals surface area contributed by atoms with Crippen LogP contribution < -0.4 is 4.74 Å². The van der Waals surface area contributed by atoms with E-state index in [4.69, 9.17) is 19.4 Å². The molecule has 0 saturated carbocycles. The molecule has 31 heavy (non-hydrogen) atoms. The van der Waals surface area contributed by atoms with E-state index in [0.717, 1.165) is 28.9 Å². The van der Waals surface area contributed by atoms with Gasteiger partial charge >= 0.3 is 0 Å². The summed E-state index contributed by atoms with van der Waals surface area (Å²) in [5.74, 6) is 1.33. The number of hydrogen-bond acceptors (Lipinski definition) is 5. The second kappa shape index (κ2) is 9.58. The van der Waals surface area contributed by atoms with Crippen molar-refractivity contribution >= 4 is 0 Å². The molecule has 162 valence electrons. The third-order valence-corrected chi connectivity index (χ3v) is 6.14. The summed E-state index contributed by atoms with van der Waals surface area (Å²) in [5.41, 5.74) is 6.98. The van der Waals surface area contributed by atoms with Crippen LogP contribution in [0.4, 0.5) is 0 Å². The number of aromatic nitrogens is 2. The molecule has 2 aromatic carbocycles. The molecule has 1 aromatic heterocycles. The van der Waals surface area contributed by atoms with E-state index in [1.807, 2.05) is 25.1 Å². The Kier molecular flexibility index (Phi) is 6.64. The highest BCUT2D eigenvalue weighted by Crippen LogP contribution is 2.35. The van der Waals surface area contributed by atoms with E-state index < -0.39 is 0 Å². The molecule has 5 nitrogen and oxygen atoms in total. The Morgan fingerprint density at radius 3 is 2.71 bits per heavy atom. The van der Waals surface area contributed by atoms with Gasteiger partial charge in [0.05, 0.1) is 13.7 Å². The van der Waals surface area contributed by atoms with Gasteiger partial charge in [-0.2, -0.15) is 4.98 Å². The Morgan fingerprint density at radius 1 is 1.06 bits per heavy atom. The number of ether oxygens (including phenoxy) is 2. The molecule has 1 aliphatic carbocycles. The third kappa shape index (κ3) is 4.63. The minimum absolute atomic E-state index is 0.402. The molecule has 4 rings (SSSR count). The van der Waals surface area contributed by atoms with Crippen molar-refractivity contribution < 1.29 is 9.47 Å². The largest absolute Gasteiger partial charge is 0.481 e. The Balaban J connectivity index is 1.62. The molecule has 0 saturated heterocycles. The van der Waals surface area contributed by atoms with Crippen LogP contribution in [0.2, 0.25) is 0 Å². The summed E-state index contributed by atoms with van der Waals surface area (Å²) in [5, 5.41) is 0. The van der Waals surface area contributed by atoms with E-state index in [2.05, 4.69) is 42.3 Å². The maximum Gasteiger partial charge on any atom is 0.221 e. The molecule has 1 aliphatic rings. The number of aryl methyl sites for hydroxylation is 2. The summed E-state index contributed by atoms with van der Waals surface area (Å²) in [7, 11) is 5.58. The Bertz CT molecular complexity index is 1050. The van der Waals surface area contributed by atoms with E-state index in [1.54, 1.807) is 14.2 Å². The fourth-order valence-electron chi connectivity index (χ4n) is 4.56. The smallest absolute Gasteiger partial charge is 0.221 e. The Labute approximate surface area is 185 Å². The zero-order chi connectivity index (χ0) is 21.8. The van der Waals surface area contributed by atoms with E-state index in [9.17, 15) is 0 Å². The first-order valence-corrected chi connectivity index (χ1v) is 10.9. The highest BCUT2D eigenvalue weighted by Gasteiger charge is 2.25. The third-order valence-electron chi connectivity index (χ3n) is 6.14. The summed E-state index contributed by atoms with van der Waals surface area (Å²) in [6.07, 6.45) is 3.55. The SMILES string of the molecule is COCc1cccc(-c2nc(C)c(CN(C)[C@@H]3CCCc4ccccc43)c(OC)n2)c1. The van der Waals surface area contributed by atoms with Gasteiger partial charge in [-0.05, 0) is 56.0 Å². The van der Waals surface area contributed by atoms with Gasteiger partial charge < -0.3 is 9.47 Å². The molecule has 0 fully saturated rings. The molecule has 0 radical (unpaired) electrons. The van der Waals surface area contributed by atoms with Crippen molar-refractivity contribution in [1.29, 1.82) is 0 Å². The van der Waals surface area contributed by atoms with Crippen LogP contribution in [0.5, 0.6) is 5.88 Å². The van der Waals surface area contributed by atoms with Crippen LogP contribution in [0.25, 0.3) is 11.4 Å². The zero-order valence-electron chi connectivity index (χ0n) is 18.9. The molecular formula is C26H31N3O2. The highest BCUT2D eigenvalue weighted by atomic mass is 16.5. The van der Waals surface area contributed by atoms with Crippen molar-refractivity contribution in [3.8, 4) is 17.3 Å². The predicted octanol–water partition coefficient (Wildman–Crippen LogP) is 5.12. The average Bonchev–Trinajstić information content (AvgIpc) is 2.80. The predicted molar refractivity (Wildman–Crippen MR) is 123 cm³/mol. The van der Waals surface area contributed by atoms with Crippen LogP contribution in [0.15, 0.2) is 48.5 Å². The number of hydrogen-bond donors (Lipinski definition) is 0. The van der Waals surface area contributed by atoms with Crippen LogP contribution in [0, 0.1) is 6.92 Å². The molecule has 5 heteroatoms. The van der Waals surface area contributed by atoms with Crippen molar-refractivity contribution in [3.63, 3.8) is 0 Å². The monoisotopic (exact) mass is 417 g/mol. The van der Waals surface area contributed by atoms with Gasteiger partial charge in [0.2, 0.25) is 5.88 Å². The normalized spacial score (nSPS) is 15.7. The molecular weight excluding hydrogens is 386 g/mol. The number of methoxy groups -OCH3 is 2. The molecule has 0 aliphatic heterocycles. The minimum atomic E-state index is 0.402. The van der Waals surface area contributed by atoms with Crippen LogP contribution in [0.3, 0.4) is 0 Å². The van der Waals surface area contributed by atoms with Crippen molar-refractivity contribution in [1.82, 2.24) is 14.9 Å². The van der Waals surface area contributed by atoms with Crippen LogP contribution in [-0.4, -0.2) is 36.1 Å². The van der Waals surface area contributed by atoms with Crippen LogP contribution in [0.1, 0.15) is 46.8 Å². The fraction of sp³-hybridized carbons (Fsp3) is 0.385. The summed E-state index contributed by atoms with van der Waals surface area (Å²) < 4.78 is 11.0. The molecule has 0 bridgehead atoms. The molecule has 0 unspecified atom stereocenters. The quantitative estimate of drug-likeness (QED) is 0.534. The lowest BCUT2D eigenvalue weighted by Crippen LogP contribution is -2.28. The van der Waals surface area contributed by atoms with Crippen LogP contribution >= 0.6 is 0 Å². The lowest BCUT2D eigenvalue weighted by Gasteiger charge is -2.33. The Hall–Kier alpha value is -2.76. The van der Waals surface area contributed by atoms with Gasteiger partial charge in [0, 0.05) is 36.5 Å². The highest BCUT2D eigenvalue weighted by molar-refractivity contribution is 5.57. The topological polar surface area (TPSA) is 47.5 Å². The van der Waals surface area contributed by atoms with Crippen molar-refractivity contribution in [2.75, 3.05) is 21.3 Å². The van der Waals surface area contributed by atoms with Gasteiger partial charge in [0.1, 0.15) is 0 Å². The molecule has 0 amide bonds. The van der Waals surface area contributed by atoms with Crippen LogP contribution in [-0.2, 0) is 24.3 Å². The number of nitrogens with zero attached hydrogens (tertiary/aromatic N) is 3. The van der Waals surface area contributed by atoms with Crippen molar-refractivity contribution in [2.24, 2.45) is 0 Å². The second-order valence-corrected chi connectivity index (χ2v) is 8.28. The average molecular weight is 418 g/mol. The first kappa shape index (κ1) is 21.5. The fourth-order valence-corrected chi connectivity index (χ4v) is 4.56. The van der Waals surface area contributed by atoms with Gasteiger partial charge in [-0.3, -0.25) is 4.90 Å². The van der Waals surface area contributed by atoms with E-state index in [1.165, 1.54) is 30.4 Å². The van der Waals surface area contributed by atoms with Gasteiger partial charge in [0.15, 0.2) is 5.82 Å². The summed E-state index contributed by atoms with van der Waals surface area (Å²) in [4.78, 5) is 12.0. The lowest BCUT2D eigenvalue weighted by molar-refractivity contribution is 0.185. The number of fused-ring (bicyclic) bond motifs is 1. The van der Waals surface area contributed by atoms with Gasteiger partial charge in [-0.25, -0.2) is 4.98 Å². The first-order chi connectivity index (χ1) is 15.1. The van der Waals surface area contributed by atoms with Crippen molar-refractivity contribution in [3.05, 3.63) is 76.5 Å². The molecule has 0 spiro atoms. The number of rotatable bonds is 7. The number of benzene rings is 2. The molecule has 1 heterocycles. The second-order valence-electron chi connectivity index (χ2n) is 8.28. The van der Waals surface area contributed by atoms with Crippen molar-refractivity contribution in [2.45, 2.75) is 45.4 Å². The molecule has 3 aromatic rings. The molecule has 0 N–H and O–H groups in total. The summed E-state index contributed by atoms with van der Waals surface area (Å²) in [6.45, 7) is 3.36. The standard InChI is InChI=1S/C26H31N3O2/c1-18-23(16-29(2)24-14-8-11-20-10-5-6-13-22(20)24)26(31-4)28-25(27-18)21-12-7-9-19(15-21)17-30-3/h5-7,9-10,12-13,15,24H,8,11,14,16-17H2,1-4H3/t24-/m1/s1. The van der Waals surface area contributed by atoms with Gasteiger partial charge in [0.25, 0.3) is 0 Å². The lowest BCUT2D eigenvalue weighted by atomic mass is 9.87. The Morgan fingerprint density at radius 2 is 1.90 bits per heavy atom. The van der Waals surface area contributed by atoms with Gasteiger partial charge in [-0.1, -0.05) is 42.5 Å².